The van der Waals surface area contributed by atoms with Crippen LogP contribution in [-0.4, -0.2) is 41.2 Å². The second-order valence-electron chi connectivity index (χ2n) is 8.29. The lowest BCUT2D eigenvalue weighted by molar-refractivity contribution is -0.122. The second-order valence-corrected chi connectivity index (χ2v) is 8.29. The van der Waals surface area contributed by atoms with Crippen LogP contribution in [0.3, 0.4) is 0 Å². The maximum Gasteiger partial charge on any atom is 0.290 e. The van der Waals surface area contributed by atoms with Crippen molar-refractivity contribution in [2.75, 3.05) is 0 Å². The molecule has 162 valence electrons. The van der Waals surface area contributed by atoms with Gasteiger partial charge in [0.2, 0.25) is 0 Å². The molecule has 1 fully saturated rings. The van der Waals surface area contributed by atoms with Crippen molar-refractivity contribution in [1.29, 1.82) is 0 Å². The Morgan fingerprint density at radius 3 is 2.66 bits per heavy atom. The van der Waals surface area contributed by atoms with Gasteiger partial charge in [0.25, 0.3) is 17.8 Å². The molecule has 0 atom stereocenters. The molecule has 3 aromatic heterocycles. The Morgan fingerprint density at radius 2 is 1.91 bits per heavy atom. The van der Waals surface area contributed by atoms with E-state index in [0.29, 0.717) is 12.3 Å². The largest absolute Gasteiger partial charge is 0.483 e. The molecule has 9 heteroatoms. The zero-order valence-electron chi connectivity index (χ0n) is 17.4. The first-order chi connectivity index (χ1) is 15.7. The van der Waals surface area contributed by atoms with Gasteiger partial charge >= 0.3 is 0 Å². The Labute approximate surface area is 183 Å². The molecule has 0 bridgehead atoms. The van der Waals surface area contributed by atoms with Gasteiger partial charge in [0.15, 0.2) is 0 Å². The summed E-state index contributed by atoms with van der Waals surface area (Å²) in [6.45, 7) is 0.154. The maximum atomic E-state index is 13.9. The van der Waals surface area contributed by atoms with Crippen LogP contribution in [0, 0.1) is 0 Å². The average Bonchev–Trinajstić information content (AvgIpc) is 3.48. The van der Waals surface area contributed by atoms with Gasteiger partial charge in [-0.1, -0.05) is 48.3 Å². The average molecular weight is 430 g/mol. The van der Waals surface area contributed by atoms with Gasteiger partial charge < -0.3 is 5.11 Å². The SMILES string of the molecule is O=CO.O=c1c2c(n3nnnc3n1Cc1cccnc1)-c1ccccc1CC21CCCC1. The van der Waals surface area contributed by atoms with Gasteiger partial charge in [0.1, 0.15) is 0 Å². The van der Waals surface area contributed by atoms with Gasteiger partial charge in [-0.25, -0.2) is 0 Å². The van der Waals surface area contributed by atoms with Crippen molar-refractivity contribution in [2.45, 2.75) is 44.1 Å². The zero-order valence-corrected chi connectivity index (χ0v) is 17.4. The molecule has 32 heavy (non-hydrogen) atoms. The van der Waals surface area contributed by atoms with Crippen LogP contribution < -0.4 is 5.56 Å². The van der Waals surface area contributed by atoms with E-state index < -0.39 is 0 Å². The molecule has 0 amide bonds. The van der Waals surface area contributed by atoms with Crippen LogP contribution in [0.5, 0.6) is 0 Å². The predicted octanol–water partition coefficient (Wildman–Crippen LogP) is 2.46. The number of carboxylic acid groups (broad SMARTS) is 1. The third kappa shape index (κ3) is 3.08. The van der Waals surface area contributed by atoms with Crippen LogP contribution in [0.15, 0.2) is 53.6 Å². The molecule has 2 aliphatic carbocycles. The summed E-state index contributed by atoms with van der Waals surface area (Å²) in [6, 6.07) is 12.2. The number of nitrogens with zero attached hydrogens (tertiary/aromatic N) is 6. The molecule has 0 radical (unpaired) electrons. The molecule has 3 heterocycles. The van der Waals surface area contributed by atoms with Crippen LogP contribution in [0.1, 0.15) is 42.4 Å². The monoisotopic (exact) mass is 430 g/mol. The van der Waals surface area contributed by atoms with E-state index in [1.807, 2.05) is 18.2 Å². The number of carbonyl (C=O) groups is 1. The summed E-state index contributed by atoms with van der Waals surface area (Å²) in [4.78, 5) is 26.5. The normalized spacial score (nSPS) is 15.6. The first-order valence-electron chi connectivity index (χ1n) is 10.6. The van der Waals surface area contributed by atoms with Crippen LogP contribution >= 0.6 is 0 Å². The molecule has 0 aliphatic heterocycles. The van der Waals surface area contributed by atoms with Crippen LogP contribution in [-0.2, 0) is 23.2 Å². The summed E-state index contributed by atoms with van der Waals surface area (Å²) in [5.74, 6) is 0.474. The second kappa shape index (κ2) is 7.99. The van der Waals surface area contributed by atoms with E-state index in [9.17, 15) is 4.79 Å². The van der Waals surface area contributed by atoms with Gasteiger partial charge in [-0.3, -0.25) is 19.1 Å². The third-order valence-corrected chi connectivity index (χ3v) is 6.56. The Hall–Kier alpha value is -3.88. The highest BCUT2D eigenvalue weighted by Gasteiger charge is 2.45. The summed E-state index contributed by atoms with van der Waals surface area (Å²) < 4.78 is 3.48. The Bertz CT molecular complexity index is 1340. The molecule has 1 spiro atoms. The molecule has 1 N–H and O–H groups in total. The van der Waals surface area contributed by atoms with Crippen LogP contribution in [0.4, 0.5) is 0 Å². The maximum absolute atomic E-state index is 13.9. The van der Waals surface area contributed by atoms with Crippen molar-refractivity contribution in [1.82, 2.24) is 29.6 Å². The van der Waals surface area contributed by atoms with E-state index in [0.717, 1.165) is 54.5 Å². The fourth-order valence-electron chi connectivity index (χ4n) is 5.31. The molecule has 2 aliphatic rings. The van der Waals surface area contributed by atoms with E-state index in [1.165, 1.54) is 5.56 Å². The summed E-state index contributed by atoms with van der Waals surface area (Å²) in [6.07, 6.45) is 8.79. The topological polar surface area (TPSA) is 115 Å². The molecule has 1 saturated carbocycles. The summed E-state index contributed by atoms with van der Waals surface area (Å²) in [5.41, 5.74) is 4.97. The van der Waals surface area contributed by atoms with Crippen molar-refractivity contribution in [2.24, 2.45) is 0 Å². The standard InChI is InChI=1S/C22H20N6O.CH2O2/c29-20-18-19(17-8-2-1-7-16(17)12-22(18)9-3-4-10-22)28-21(24-25-26-28)27(20)14-15-6-5-11-23-13-15;2-1-3/h1-2,5-8,11,13H,3-4,9-10,12,14H2;1H,(H,2,3). The number of rotatable bonds is 2. The number of fused-ring (bicyclic) bond motifs is 6. The van der Waals surface area contributed by atoms with E-state index in [-0.39, 0.29) is 17.4 Å². The minimum atomic E-state index is -0.250. The summed E-state index contributed by atoms with van der Waals surface area (Å²) >= 11 is 0. The van der Waals surface area contributed by atoms with Gasteiger partial charge in [-0.05, 0) is 46.9 Å². The van der Waals surface area contributed by atoms with E-state index in [1.54, 1.807) is 21.5 Å². The number of tetrazole rings is 1. The van der Waals surface area contributed by atoms with Crippen molar-refractivity contribution < 1.29 is 9.90 Å². The van der Waals surface area contributed by atoms with Crippen molar-refractivity contribution in [3.8, 4) is 11.3 Å². The summed E-state index contributed by atoms with van der Waals surface area (Å²) in [5, 5.41) is 19.3. The van der Waals surface area contributed by atoms with E-state index >= 15 is 0 Å². The fraction of sp³-hybridized carbons (Fsp3) is 0.304. The summed E-state index contributed by atoms with van der Waals surface area (Å²) in [7, 11) is 0. The Balaban J connectivity index is 0.000000684. The highest BCUT2D eigenvalue weighted by atomic mass is 16.3. The lowest BCUT2D eigenvalue weighted by atomic mass is 9.68. The fourth-order valence-corrected chi connectivity index (χ4v) is 5.31. The van der Waals surface area contributed by atoms with Gasteiger partial charge in [0, 0.05) is 23.4 Å². The minimum Gasteiger partial charge on any atom is -0.483 e. The van der Waals surface area contributed by atoms with Crippen molar-refractivity contribution >= 4 is 12.2 Å². The zero-order chi connectivity index (χ0) is 22.1. The molecule has 1 aromatic carbocycles. The first-order valence-corrected chi connectivity index (χ1v) is 10.6. The highest BCUT2D eigenvalue weighted by molar-refractivity contribution is 5.73. The van der Waals surface area contributed by atoms with Crippen molar-refractivity contribution in [3.05, 3.63) is 75.8 Å². The Kier molecular flexibility index (Phi) is 5.01. The highest BCUT2D eigenvalue weighted by Crippen LogP contribution is 2.50. The number of pyridine rings is 1. The molecule has 4 aromatic rings. The number of hydrogen-bond donors (Lipinski definition) is 1. The van der Waals surface area contributed by atoms with E-state index in [2.05, 4.69) is 38.7 Å². The van der Waals surface area contributed by atoms with E-state index in [4.69, 9.17) is 9.90 Å². The molecule has 6 rings (SSSR count). The lowest BCUT2D eigenvalue weighted by Gasteiger charge is -2.36. The number of aromatic nitrogens is 6. The molecule has 9 nitrogen and oxygen atoms in total. The minimum absolute atomic E-state index is 0.0301. The molecular formula is C23H22N6O3. The predicted molar refractivity (Wildman–Crippen MR) is 116 cm³/mol. The van der Waals surface area contributed by atoms with Crippen LogP contribution in [0.25, 0.3) is 17.0 Å². The van der Waals surface area contributed by atoms with Gasteiger partial charge in [-0.15, -0.1) is 0 Å². The Morgan fingerprint density at radius 1 is 1.12 bits per heavy atom. The third-order valence-electron chi connectivity index (χ3n) is 6.56. The molecule has 0 saturated heterocycles. The number of benzene rings is 1. The van der Waals surface area contributed by atoms with Crippen molar-refractivity contribution in [3.63, 3.8) is 0 Å². The quantitative estimate of drug-likeness (QED) is 0.486. The molecule has 0 unspecified atom stereocenters. The first kappa shape index (κ1) is 20.0. The smallest absolute Gasteiger partial charge is 0.290 e. The molecular weight excluding hydrogens is 408 g/mol. The lowest BCUT2D eigenvalue weighted by Crippen LogP contribution is -2.41. The van der Waals surface area contributed by atoms with Crippen LogP contribution in [0.2, 0.25) is 0 Å². The van der Waals surface area contributed by atoms with Gasteiger partial charge in [-0.2, -0.15) is 4.52 Å². The number of hydrogen-bond acceptors (Lipinski definition) is 6. The van der Waals surface area contributed by atoms with Gasteiger partial charge in [0.05, 0.1) is 17.8 Å².